The van der Waals surface area contributed by atoms with E-state index in [2.05, 4.69) is 10.6 Å². The van der Waals surface area contributed by atoms with E-state index in [1.807, 2.05) is 6.92 Å². The predicted octanol–water partition coefficient (Wildman–Crippen LogP) is 3.45. The maximum Gasteiger partial charge on any atom is 0.308 e. The van der Waals surface area contributed by atoms with Crippen LogP contribution in [0.25, 0.3) is 0 Å². The Morgan fingerprint density at radius 1 is 0.706 bits per heavy atom. The zero-order chi connectivity index (χ0) is 25.3. The van der Waals surface area contributed by atoms with Gasteiger partial charge in [-0.1, -0.05) is 6.07 Å². The minimum absolute atomic E-state index is 0.0928. The fourth-order valence-corrected chi connectivity index (χ4v) is 2.77. The lowest BCUT2D eigenvalue weighted by atomic mass is 10.2. The van der Waals surface area contributed by atoms with Crippen molar-refractivity contribution in [3.8, 4) is 23.0 Å². The van der Waals surface area contributed by atoms with Crippen LogP contribution in [0.1, 0.15) is 40.2 Å². The number of benzene rings is 2. The molecule has 2 rings (SSSR count). The summed E-state index contributed by atoms with van der Waals surface area (Å²) in [6.07, 6.45) is 1.78. The maximum atomic E-state index is 11.4. The molecule has 2 aromatic rings. The first-order chi connectivity index (χ1) is 16.1. The van der Waals surface area contributed by atoms with Crippen LogP contribution in [0.15, 0.2) is 48.3 Å². The topological polar surface area (TPSA) is 129 Å². The highest BCUT2D eigenvalue weighted by Gasteiger charge is 2.13. The smallest absolute Gasteiger partial charge is 0.308 e. The SMILES string of the molecule is CC=C(NCc1ccc(OC(C)=O)c(OC(C)=O)c1)Nc1ccc(OC(C)=O)c(OC(C)=O)c1. The van der Waals surface area contributed by atoms with Crippen LogP contribution in [-0.2, 0) is 25.7 Å². The molecule has 0 unspecified atom stereocenters. The highest BCUT2D eigenvalue weighted by atomic mass is 16.6. The number of hydrogen-bond donors (Lipinski definition) is 2. The second kappa shape index (κ2) is 12.0. The van der Waals surface area contributed by atoms with Crippen molar-refractivity contribution in [2.45, 2.75) is 41.2 Å². The fourth-order valence-electron chi connectivity index (χ4n) is 2.77. The van der Waals surface area contributed by atoms with Crippen LogP contribution in [0.4, 0.5) is 5.69 Å². The zero-order valence-corrected chi connectivity index (χ0v) is 19.5. The number of carbonyl (C=O) groups is 4. The number of ether oxygens (including phenoxy) is 4. The molecular weight excluding hydrogens is 444 g/mol. The van der Waals surface area contributed by atoms with Gasteiger partial charge in [0.15, 0.2) is 23.0 Å². The van der Waals surface area contributed by atoms with Crippen LogP contribution < -0.4 is 29.6 Å². The summed E-state index contributed by atoms with van der Waals surface area (Å²) in [5.41, 5.74) is 1.32. The zero-order valence-electron chi connectivity index (χ0n) is 19.5. The standard InChI is InChI=1S/C24H26N2O8/c1-6-24(26-19-8-10-21(32-15(3)28)23(12-19)34-17(5)30)25-13-18-7-9-20(31-14(2)27)22(11-18)33-16(4)29/h6-12,25-26H,13H2,1-5H3. The number of esters is 4. The Morgan fingerprint density at radius 3 is 1.68 bits per heavy atom. The Bertz CT molecular complexity index is 1120. The minimum atomic E-state index is -0.560. The van der Waals surface area contributed by atoms with Crippen LogP contribution in [0.2, 0.25) is 0 Å². The summed E-state index contributed by atoms with van der Waals surface area (Å²) in [6.45, 7) is 7.14. The maximum absolute atomic E-state index is 11.4. The van der Waals surface area contributed by atoms with Crippen molar-refractivity contribution in [3.05, 3.63) is 53.9 Å². The molecule has 0 aromatic heterocycles. The van der Waals surface area contributed by atoms with Gasteiger partial charge in [-0.15, -0.1) is 0 Å². The first-order valence-corrected chi connectivity index (χ1v) is 10.2. The molecule has 34 heavy (non-hydrogen) atoms. The first-order valence-electron chi connectivity index (χ1n) is 10.2. The highest BCUT2D eigenvalue weighted by molar-refractivity contribution is 5.75. The van der Waals surface area contributed by atoms with E-state index < -0.39 is 23.9 Å². The summed E-state index contributed by atoms with van der Waals surface area (Å²) in [6, 6.07) is 9.54. The largest absolute Gasteiger partial charge is 0.423 e. The van der Waals surface area contributed by atoms with Crippen LogP contribution in [0, 0.1) is 0 Å². The van der Waals surface area contributed by atoms with Crippen molar-refractivity contribution in [3.63, 3.8) is 0 Å². The summed E-state index contributed by atoms with van der Waals surface area (Å²) < 4.78 is 20.4. The molecule has 0 aliphatic heterocycles. The third-order valence-electron chi connectivity index (χ3n) is 4.02. The van der Waals surface area contributed by atoms with Gasteiger partial charge in [0.05, 0.1) is 5.82 Å². The summed E-state index contributed by atoms with van der Waals surface area (Å²) in [7, 11) is 0. The van der Waals surface area contributed by atoms with Gasteiger partial charge in [0, 0.05) is 46.0 Å². The van der Waals surface area contributed by atoms with Crippen LogP contribution in [-0.4, -0.2) is 23.9 Å². The molecule has 0 radical (unpaired) electrons. The molecule has 0 fully saturated rings. The third kappa shape index (κ3) is 8.30. The molecule has 2 aromatic carbocycles. The van der Waals surface area contributed by atoms with Crippen molar-refractivity contribution in [2.24, 2.45) is 0 Å². The molecule has 2 N–H and O–H groups in total. The van der Waals surface area contributed by atoms with E-state index in [0.717, 1.165) is 5.56 Å². The van der Waals surface area contributed by atoms with E-state index >= 15 is 0 Å². The molecule has 0 atom stereocenters. The van der Waals surface area contributed by atoms with Gasteiger partial charge in [0.25, 0.3) is 0 Å². The van der Waals surface area contributed by atoms with Gasteiger partial charge in [-0.25, -0.2) is 0 Å². The molecule has 0 saturated heterocycles. The van der Waals surface area contributed by atoms with Gasteiger partial charge >= 0.3 is 23.9 Å². The van der Waals surface area contributed by atoms with Gasteiger partial charge in [-0.2, -0.15) is 0 Å². The molecule has 0 bridgehead atoms. The summed E-state index contributed by atoms with van der Waals surface area (Å²) in [5, 5.41) is 6.33. The average molecular weight is 470 g/mol. The predicted molar refractivity (Wildman–Crippen MR) is 122 cm³/mol. The second-order valence-electron chi connectivity index (χ2n) is 7.00. The molecule has 0 spiro atoms. The molecule has 180 valence electrons. The number of allylic oxidation sites excluding steroid dienone is 1. The molecule has 0 saturated carbocycles. The number of nitrogens with one attached hydrogen (secondary N) is 2. The third-order valence-corrected chi connectivity index (χ3v) is 4.02. The number of rotatable bonds is 9. The quantitative estimate of drug-likeness (QED) is 0.415. The monoisotopic (exact) mass is 470 g/mol. The van der Waals surface area contributed by atoms with E-state index in [1.165, 1.54) is 39.8 Å². The Hall–Kier alpha value is -4.34. The molecule has 0 aliphatic carbocycles. The number of anilines is 1. The van der Waals surface area contributed by atoms with Gasteiger partial charge in [-0.3, -0.25) is 19.2 Å². The Morgan fingerprint density at radius 2 is 1.18 bits per heavy atom. The van der Waals surface area contributed by atoms with Crippen LogP contribution >= 0.6 is 0 Å². The lowest BCUT2D eigenvalue weighted by molar-refractivity contribution is -0.134. The van der Waals surface area contributed by atoms with Gasteiger partial charge in [0.1, 0.15) is 0 Å². The molecule has 0 heterocycles. The summed E-state index contributed by atoms with van der Waals surface area (Å²) in [5.74, 6) is -1.08. The number of carbonyl (C=O) groups excluding carboxylic acids is 4. The van der Waals surface area contributed by atoms with Crippen molar-refractivity contribution in [1.82, 2.24) is 5.32 Å². The molecule has 0 amide bonds. The van der Waals surface area contributed by atoms with Crippen LogP contribution in [0.5, 0.6) is 23.0 Å². The normalized spacial score (nSPS) is 10.7. The summed E-state index contributed by atoms with van der Waals surface area (Å²) in [4.78, 5) is 45.4. The van der Waals surface area contributed by atoms with E-state index in [-0.39, 0.29) is 23.0 Å². The van der Waals surface area contributed by atoms with E-state index in [0.29, 0.717) is 18.1 Å². The Labute approximate surface area is 196 Å². The van der Waals surface area contributed by atoms with Gasteiger partial charge < -0.3 is 29.6 Å². The van der Waals surface area contributed by atoms with E-state index in [4.69, 9.17) is 18.9 Å². The lowest BCUT2D eigenvalue weighted by Gasteiger charge is -2.16. The van der Waals surface area contributed by atoms with Crippen LogP contribution in [0.3, 0.4) is 0 Å². The van der Waals surface area contributed by atoms with Crippen molar-refractivity contribution < 1.29 is 38.1 Å². The Kier molecular flexibility index (Phi) is 9.18. The highest BCUT2D eigenvalue weighted by Crippen LogP contribution is 2.32. The lowest BCUT2D eigenvalue weighted by Crippen LogP contribution is -2.19. The van der Waals surface area contributed by atoms with Crippen molar-refractivity contribution >= 4 is 29.6 Å². The van der Waals surface area contributed by atoms with Gasteiger partial charge in [-0.05, 0) is 42.8 Å². The van der Waals surface area contributed by atoms with E-state index in [9.17, 15) is 19.2 Å². The molecule has 10 nitrogen and oxygen atoms in total. The number of hydrogen-bond acceptors (Lipinski definition) is 10. The summed E-state index contributed by atoms with van der Waals surface area (Å²) >= 11 is 0. The van der Waals surface area contributed by atoms with E-state index in [1.54, 1.807) is 30.3 Å². The molecular formula is C24H26N2O8. The molecule has 10 heteroatoms. The van der Waals surface area contributed by atoms with Crippen molar-refractivity contribution in [2.75, 3.05) is 5.32 Å². The first kappa shape index (κ1) is 25.9. The fraction of sp³-hybridized carbons (Fsp3) is 0.250. The second-order valence-corrected chi connectivity index (χ2v) is 7.00. The van der Waals surface area contributed by atoms with Crippen molar-refractivity contribution in [1.29, 1.82) is 0 Å². The average Bonchev–Trinajstić information content (AvgIpc) is 2.73. The minimum Gasteiger partial charge on any atom is -0.423 e. The Balaban J connectivity index is 2.15. The molecule has 0 aliphatic rings. The van der Waals surface area contributed by atoms with Gasteiger partial charge in [0.2, 0.25) is 0 Å².